The first-order valence-electron chi connectivity index (χ1n) is 6.09. The number of hydrogen-bond acceptors (Lipinski definition) is 4. The molecule has 1 atom stereocenters. The topological polar surface area (TPSA) is 75.9 Å². The Hall–Kier alpha value is -2.06. The highest BCUT2D eigenvalue weighted by molar-refractivity contribution is 5.88. The number of nitrogens with zero attached hydrogens (tertiary/aromatic N) is 3. The summed E-state index contributed by atoms with van der Waals surface area (Å²) in [5.41, 5.74) is 2.14. The number of rotatable bonds is 1. The van der Waals surface area contributed by atoms with Gasteiger partial charge in [0.15, 0.2) is 0 Å². The maximum absolute atomic E-state index is 9.73. The number of aromatic amines is 1. The van der Waals surface area contributed by atoms with E-state index < -0.39 is 0 Å². The summed E-state index contributed by atoms with van der Waals surface area (Å²) in [5.74, 6) is 0.782. The van der Waals surface area contributed by atoms with Crippen LogP contribution in [-0.2, 0) is 0 Å². The molecule has 3 heterocycles. The van der Waals surface area contributed by atoms with Gasteiger partial charge in [-0.3, -0.25) is 4.98 Å². The minimum atomic E-state index is -0.315. The van der Waals surface area contributed by atoms with Crippen LogP contribution in [0.1, 0.15) is 18.4 Å². The maximum Gasteiger partial charge on any atom is 0.127 e. The molecule has 0 amide bonds. The fourth-order valence-electron chi connectivity index (χ4n) is 2.51. The number of pyridine rings is 1. The molecular formula is C13H14N4O. The van der Waals surface area contributed by atoms with Crippen LogP contribution in [0.25, 0.3) is 11.0 Å². The van der Waals surface area contributed by atoms with Crippen LogP contribution >= 0.6 is 0 Å². The van der Waals surface area contributed by atoms with Gasteiger partial charge in [0.2, 0.25) is 0 Å². The Balaban J connectivity index is 2.08. The zero-order chi connectivity index (χ0) is 12.5. The van der Waals surface area contributed by atoms with Crippen LogP contribution in [0, 0.1) is 11.3 Å². The van der Waals surface area contributed by atoms with Crippen molar-refractivity contribution in [2.75, 3.05) is 18.0 Å². The highest BCUT2D eigenvalue weighted by atomic mass is 16.3. The lowest BCUT2D eigenvalue weighted by Gasteiger charge is -2.31. The first-order chi connectivity index (χ1) is 8.79. The molecule has 0 spiro atoms. The first kappa shape index (κ1) is 11.1. The molecule has 0 aromatic carbocycles. The Morgan fingerprint density at radius 3 is 3.22 bits per heavy atom. The van der Waals surface area contributed by atoms with Crippen LogP contribution in [0.4, 0.5) is 5.82 Å². The third kappa shape index (κ3) is 1.71. The molecule has 2 N–H and O–H groups in total. The van der Waals surface area contributed by atoms with E-state index in [0.717, 1.165) is 30.7 Å². The summed E-state index contributed by atoms with van der Waals surface area (Å²) < 4.78 is 0. The number of aliphatic hydroxyl groups excluding tert-OH is 1. The van der Waals surface area contributed by atoms with Gasteiger partial charge in [-0.05, 0) is 25.0 Å². The van der Waals surface area contributed by atoms with Crippen molar-refractivity contribution in [1.82, 2.24) is 9.97 Å². The summed E-state index contributed by atoms with van der Waals surface area (Å²) in [5, 5.41) is 19.0. The van der Waals surface area contributed by atoms with Gasteiger partial charge in [0, 0.05) is 19.3 Å². The number of nitriles is 1. The molecule has 0 radical (unpaired) electrons. The average Bonchev–Trinajstić information content (AvgIpc) is 2.77. The number of nitrogens with one attached hydrogen (secondary N) is 1. The Morgan fingerprint density at radius 1 is 1.56 bits per heavy atom. The molecule has 1 aliphatic rings. The van der Waals surface area contributed by atoms with Gasteiger partial charge in [-0.1, -0.05) is 0 Å². The van der Waals surface area contributed by atoms with E-state index >= 15 is 0 Å². The fraction of sp³-hybridized carbons (Fsp3) is 0.385. The molecular weight excluding hydrogens is 228 g/mol. The molecule has 2 aromatic rings. The molecule has 1 aliphatic heterocycles. The second-order valence-corrected chi connectivity index (χ2v) is 4.60. The van der Waals surface area contributed by atoms with Crippen molar-refractivity contribution < 1.29 is 5.11 Å². The minimum absolute atomic E-state index is 0.315. The fourth-order valence-corrected chi connectivity index (χ4v) is 2.51. The van der Waals surface area contributed by atoms with Gasteiger partial charge in [-0.2, -0.15) is 5.26 Å². The van der Waals surface area contributed by atoms with Crippen LogP contribution < -0.4 is 4.90 Å². The normalized spacial score (nSPS) is 20.0. The van der Waals surface area contributed by atoms with Gasteiger partial charge in [0.1, 0.15) is 23.0 Å². The molecule has 5 nitrogen and oxygen atoms in total. The molecule has 5 heteroatoms. The Labute approximate surface area is 105 Å². The van der Waals surface area contributed by atoms with E-state index in [9.17, 15) is 10.4 Å². The van der Waals surface area contributed by atoms with E-state index in [1.807, 2.05) is 17.0 Å². The van der Waals surface area contributed by atoms with Crippen molar-refractivity contribution in [3.8, 4) is 6.07 Å². The highest BCUT2D eigenvalue weighted by Crippen LogP contribution is 2.28. The predicted molar refractivity (Wildman–Crippen MR) is 68.3 cm³/mol. The zero-order valence-electron chi connectivity index (χ0n) is 9.93. The van der Waals surface area contributed by atoms with Gasteiger partial charge < -0.3 is 15.0 Å². The number of β-amino-alcohol motifs (C(OH)–C–C–N with tert-alkyl or cyclic N) is 1. The number of anilines is 1. The Bertz CT molecular complexity index is 613. The van der Waals surface area contributed by atoms with Crippen LogP contribution in [-0.4, -0.2) is 34.3 Å². The van der Waals surface area contributed by atoms with E-state index in [0.29, 0.717) is 17.6 Å². The van der Waals surface area contributed by atoms with Gasteiger partial charge in [-0.25, -0.2) is 0 Å². The summed E-state index contributed by atoms with van der Waals surface area (Å²) in [6.07, 6.45) is 3.14. The number of hydrogen-bond donors (Lipinski definition) is 2. The molecule has 3 rings (SSSR count). The van der Waals surface area contributed by atoms with E-state index in [4.69, 9.17) is 0 Å². The van der Waals surface area contributed by atoms with E-state index in [1.165, 1.54) is 0 Å². The summed E-state index contributed by atoms with van der Waals surface area (Å²) in [4.78, 5) is 9.51. The molecule has 2 aromatic heterocycles. The number of H-pyrrole nitrogens is 1. The monoisotopic (exact) mass is 242 g/mol. The molecule has 1 unspecified atom stereocenters. The lowest BCUT2D eigenvalue weighted by molar-refractivity contribution is 0.154. The summed E-state index contributed by atoms with van der Waals surface area (Å²) in [7, 11) is 0. The van der Waals surface area contributed by atoms with Crippen molar-refractivity contribution in [1.29, 1.82) is 5.26 Å². The van der Waals surface area contributed by atoms with E-state index in [1.54, 1.807) is 6.20 Å². The van der Waals surface area contributed by atoms with Crippen LogP contribution in [0.2, 0.25) is 0 Å². The van der Waals surface area contributed by atoms with Crippen molar-refractivity contribution in [3.05, 3.63) is 23.9 Å². The maximum atomic E-state index is 9.73. The standard InChI is InChI=1S/C13H14N4O/c14-7-10-12-11(4-1-5-15-12)16-13(10)17-6-2-3-9(18)8-17/h1,4-5,9,16,18H,2-3,6,8H2. The Kier molecular flexibility index (Phi) is 2.65. The summed E-state index contributed by atoms with van der Waals surface area (Å²) in [6, 6.07) is 5.97. The third-order valence-corrected chi connectivity index (χ3v) is 3.36. The lowest BCUT2D eigenvalue weighted by atomic mass is 10.1. The van der Waals surface area contributed by atoms with Gasteiger partial charge in [0.25, 0.3) is 0 Å². The molecule has 0 saturated carbocycles. The van der Waals surface area contributed by atoms with Crippen molar-refractivity contribution >= 4 is 16.9 Å². The largest absolute Gasteiger partial charge is 0.391 e. The highest BCUT2D eigenvalue weighted by Gasteiger charge is 2.23. The summed E-state index contributed by atoms with van der Waals surface area (Å²) in [6.45, 7) is 1.43. The van der Waals surface area contributed by atoms with Gasteiger partial charge >= 0.3 is 0 Å². The van der Waals surface area contributed by atoms with Crippen molar-refractivity contribution in [2.45, 2.75) is 18.9 Å². The number of aliphatic hydroxyl groups is 1. The molecule has 0 bridgehead atoms. The molecule has 18 heavy (non-hydrogen) atoms. The van der Waals surface area contributed by atoms with Crippen molar-refractivity contribution in [2.24, 2.45) is 0 Å². The second-order valence-electron chi connectivity index (χ2n) is 4.60. The smallest absolute Gasteiger partial charge is 0.127 e. The van der Waals surface area contributed by atoms with Crippen LogP contribution in [0.3, 0.4) is 0 Å². The minimum Gasteiger partial charge on any atom is -0.391 e. The number of piperidine rings is 1. The average molecular weight is 242 g/mol. The van der Waals surface area contributed by atoms with E-state index in [2.05, 4.69) is 16.0 Å². The van der Waals surface area contributed by atoms with Gasteiger partial charge in [0.05, 0.1) is 11.6 Å². The molecule has 1 fully saturated rings. The molecule has 1 saturated heterocycles. The predicted octanol–water partition coefficient (Wildman–Crippen LogP) is 1.40. The molecule has 92 valence electrons. The lowest BCUT2D eigenvalue weighted by Crippen LogP contribution is -2.38. The number of fused-ring (bicyclic) bond motifs is 1. The first-order valence-corrected chi connectivity index (χ1v) is 6.09. The SMILES string of the molecule is N#Cc1c(N2CCCC(O)C2)[nH]c2cccnc12. The third-order valence-electron chi connectivity index (χ3n) is 3.36. The zero-order valence-corrected chi connectivity index (χ0v) is 9.93. The quantitative estimate of drug-likeness (QED) is 0.792. The van der Waals surface area contributed by atoms with E-state index in [-0.39, 0.29) is 6.10 Å². The van der Waals surface area contributed by atoms with Gasteiger partial charge in [-0.15, -0.1) is 0 Å². The Morgan fingerprint density at radius 2 is 2.44 bits per heavy atom. The van der Waals surface area contributed by atoms with Crippen LogP contribution in [0.5, 0.6) is 0 Å². The van der Waals surface area contributed by atoms with Crippen molar-refractivity contribution in [3.63, 3.8) is 0 Å². The second kappa shape index (κ2) is 4.31. The number of aromatic nitrogens is 2. The summed E-state index contributed by atoms with van der Waals surface area (Å²) >= 11 is 0. The van der Waals surface area contributed by atoms with Crippen LogP contribution in [0.15, 0.2) is 18.3 Å². The molecule has 0 aliphatic carbocycles.